The molecular formula is C9H13ClN4O2. The van der Waals surface area contributed by atoms with Crippen LogP contribution in [-0.4, -0.2) is 39.9 Å². The van der Waals surface area contributed by atoms with E-state index in [4.69, 9.17) is 17.3 Å². The molecule has 1 heterocycles. The Balaban J connectivity index is 2.56. The summed E-state index contributed by atoms with van der Waals surface area (Å²) in [5.41, 5.74) is 5.30. The number of amides is 2. The van der Waals surface area contributed by atoms with Crippen LogP contribution in [0.1, 0.15) is 6.42 Å². The van der Waals surface area contributed by atoms with Crippen LogP contribution < -0.4 is 5.73 Å². The molecule has 1 aromatic heterocycles. The van der Waals surface area contributed by atoms with Gasteiger partial charge in [-0.25, -0.2) is 4.98 Å². The molecule has 0 bridgehead atoms. The van der Waals surface area contributed by atoms with Gasteiger partial charge >= 0.3 is 0 Å². The predicted molar refractivity (Wildman–Crippen MR) is 58.7 cm³/mol. The normalized spacial score (nSPS) is 10.1. The van der Waals surface area contributed by atoms with Crippen LogP contribution in [0.2, 0.25) is 5.28 Å². The molecule has 16 heavy (non-hydrogen) atoms. The van der Waals surface area contributed by atoms with Crippen LogP contribution in [0.15, 0.2) is 12.4 Å². The fraction of sp³-hybridized carbons (Fsp3) is 0.444. The van der Waals surface area contributed by atoms with Gasteiger partial charge < -0.3 is 10.3 Å². The van der Waals surface area contributed by atoms with Gasteiger partial charge in [-0.2, -0.15) is 0 Å². The predicted octanol–water partition coefficient (Wildman–Crippen LogP) is -0.130. The van der Waals surface area contributed by atoms with Crippen molar-refractivity contribution in [1.82, 2.24) is 14.5 Å². The first kappa shape index (κ1) is 12.7. The highest BCUT2D eigenvalue weighted by atomic mass is 35.5. The second-order valence-electron chi connectivity index (χ2n) is 3.16. The van der Waals surface area contributed by atoms with Crippen molar-refractivity contribution in [2.75, 3.05) is 13.1 Å². The van der Waals surface area contributed by atoms with Gasteiger partial charge in [0.05, 0.1) is 0 Å². The third-order valence-corrected chi connectivity index (χ3v) is 2.34. The van der Waals surface area contributed by atoms with Gasteiger partial charge in [-0.1, -0.05) is 0 Å². The fourth-order valence-corrected chi connectivity index (χ4v) is 1.34. The maximum atomic E-state index is 11.6. The Morgan fingerprint density at radius 3 is 2.94 bits per heavy atom. The van der Waals surface area contributed by atoms with Crippen molar-refractivity contribution in [2.45, 2.75) is 13.0 Å². The third-order valence-electron chi connectivity index (χ3n) is 2.02. The lowest BCUT2D eigenvalue weighted by atomic mass is 10.4. The van der Waals surface area contributed by atoms with Gasteiger partial charge in [-0.05, 0) is 24.6 Å². The van der Waals surface area contributed by atoms with E-state index in [1.54, 1.807) is 6.20 Å². The molecule has 0 fully saturated rings. The molecule has 0 aromatic carbocycles. The summed E-state index contributed by atoms with van der Waals surface area (Å²) in [5, 5.41) is 0.220. The lowest BCUT2D eigenvalue weighted by molar-refractivity contribution is -0.138. The molecule has 88 valence electrons. The van der Waals surface area contributed by atoms with Crippen molar-refractivity contribution in [1.29, 1.82) is 0 Å². The number of carbonyl (C=O) groups excluding carboxylic acids is 2. The lowest BCUT2D eigenvalue weighted by Gasteiger charge is -2.15. The molecule has 2 amide bonds. The van der Waals surface area contributed by atoms with E-state index in [9.17, 15) is 9.59 Å². The Morgan fingerprint density at radius 1 is 1.69 bits per heavy atom. The van der Waals surface area contributed by atoms with Gasteiger partial charge in [0.25, 0.3) is 0 Å². The van der Waals surface area contributed by atoms with Crippen LogP contribution in [0.25, 0.3) is 0 Å². The molecule has 1 rings (SSSR count). The average molecular weight is 245 g/mol. The van der Waals surface area contributed by atoms with Gasteiger partial charge in [-0.3, -0.25) is 14.5 Å². The summed E-state index contributed by atoms with van der Waals surface area (Å²) in [7, 11) is 0. The van der Waals surface area contributed by atoms with Gasteiger partial charge in [-0.15, -0.1) is 0 Å². The zero-order valence-electron chi connectivity index (χ0n) is 8.67. The quantitative estimate of drug-likeness (QED) is 0.707. The minimum atomic E-state index is -0.330. The van der Waals surface area contributed by atoms with Crippen molar-refractivity contribution in [3.63, 3.8) is 0 Å². The number of nitrogens with zero attached hydrogens (tertiary/aromatic N) is 3. The molecular weight excluding hydrogens is 232 g/mol. The van der Waals surface area contributed by atoms with Crippen molar-refractivity contribution < 1.29 is 9.59 Å². The van der Waals surface area contributed by atoms with E-state index in [2.05, 4.69) is 4.98 Å². The van der Waals surface area contributed by atoms with E-state index in [1.807, 2.05) is 0 Å². The van der Waals surface area contributed by atoms with Crippen LogP contribution >= 0.6 is 11.6 Å². The number of aromatic nitrogens is 2. The zero-order valence-corrected chi connectivity index (χ0v) is 9.43. The standard InChI is InChI=1S/C9H13ClN4O2/c10-9-12-3-5-13(9)6-8(16)14(7-15)4-1-2-11/h3,5,7H,1-2,4,6,11H2. The van der Waals surface area contributed by atoms with Crippen molar-refractivity contribution in [3.8, 4) is 0 Å². The number of nitrogens with two attached hydrogens (primary N) is 1. The van der Waals surface area contributed by atoms with E-state index in [-0.39, 0.29) is 17.7 Å². The summed E-state index contributed by atoms with van der Waals surface area (Å²) in [6.07, 6.45) is 4.15. The topological polar surface area (TPSA) is 81.2 Å². The van der Waals surface area contributed by atoms with Crippen LogP contribution in [0, 0.1) is 0 Å². The minimum Gasteiger partial charge on any atom is -0.330 e. The fourth-order valence-electron chi connectivity index (χ4n) is 1.16. The first-order chi connectivity index (χ1) is 7.69. The van der Waals surface area contributed by atoms with Crippen molar-refractivity contribution in [3.05, 3.63) is 17.7 Å². The number of rotatable bonds is 6. The number of hydrogen-bond donors (Lipinski definition) is 1. The summed E-state index contributed by atoms with van der Waals surface area (Å²) in [5.74, 6) is -0.330. The second-order valence-corrected chi connectivity index (χ2v) is 3.50. The van der Waals surface area contributed by atoms with Crippen LogP contribution in [-0.2, 0) is 16.1 Å². The summed E-state index contributed by atoms with van der Waals surface area (Å²) in [4.78, 5) is 27.2. The molecule has 2 N–H and O–H groups in total. The first-order valence-electron chi connectivity index (χ1n) is 4.80. The Labute approximate surface area is 98.0 Å². The largest absolute Gasteiger partial charge is 0.330 e. The molecule has 0 radical (unpaired) electrons. The minimum absolute atomic E-state index is 0.00213. The number of imide groups is 1. The van der Waals surface area contributed by atoms with E-state index in [0.717, 1.165) is 4.90 Å². The van der Waals surface area contributed by atoms with Crippen molar-refractivity contribution >= 4 is 23.9 Å². The van der Waals surface area contributed by atoms with E-state index >= 15 is 0 Å². The highest BCUT2D eigenvalue weighted by Crippen LogP contribution is 2.05. The van der Waals surface area contributed by atoms with Crippen LogP contribution in [0.3, 0.4) is 0 Å². The Hall–Kier alpha value is -1.40. The summed E-state index contributed by atoms with van der Waals surface area (Å²) < 4.78 is 1.46. The molecule has 7 heteroatoms. The molecule has 0 spiro atoms. The number of halogens is 1. The number of hydrogen-bond acceptors (Lipinski definition) is 4. The highest BCUT2D eigenvalue weighted by Gasteiger charge is 2.13. The number of imidazole rings is 1. The van der Waals surface area contributed by atoms with E-state index < -0.39 is 0 Å². The third kappa shape index (κ3) is 3.32. The van der Waals surface area contributed by atoms with Gasteiger partial charge in [0.15, 0.2) is 0 Å². The van der Waals surface area contributed by atoms with Crippen LogP contribution in [0.5, 0.6) is 0 Å². The Bertz CT molecular complexity index is 366. The molecule has 1 aromatic rings. The van der Waals surface area contributed by atoms with Crippen molar-refractivity contribution in [2.24, 2.45) is 5.73 Å². The molecule has 0 saturated carbocycles. The Kier molecular flexibility index (Phi) is 4.94. The highest BCUT2D eigenvalue weighted by molar-refractivity contribution is 6.28. The van der Waals surface area contributed by atoms with Crippen LogP contribution in [0.4, 0.5) is 0 Å². The molecule has 0 aliphatic carbocycles. The molecule has 0 aliphatic rings. The van der Waals surface area contributed by atoms with Gasteiger partial charge in [0, 0.05) is 18.9 Å². The zero-order chi connectivity index (χ0) is 12.0. The maximum Gasteiger partial charge on any atom is 0.248 e. The second kappa shape index (κ2) is 6.24. The van der Waals surface area contributed by atoms with Gasteiger partial charge in [0.2, 0.25) is 17.6 Å². The Morgan fingerprint density at radius 2 is 2.44 bits per heavy atom. The first-order valence-corrected chi connectivity index (χ1v) is 5.18. The van der Waals surface area contributed by atoms with E-state index in [0.29, 0.717) is 25.9 Å². The maximum absolute atomic E-state index is 11.6. The summed E-state index contributed by atoms with van der Waals surface area (Å²) in [6, 6.07) is 0. The SMILES string of the molecule is NCCCN(C=O)C(=O)Cn1ccnc1Cl. The smallest absolute Gasteiger partial charge is 0.248 e. The van der Waals surface area contributed by atoms with E-state index in [1.165, 1.54) is 10.8 Å². The molecule has 0 atom stereocenters. The lowest BCUT2D eigenvalue weighted by Crippen LogP contribution is -2.34. The molecule has 0 saturated heterocycles. The molecule has 0 unspecified atom stereocenters. The summed E-state index contributed by atoms with van der Waals surface area (Å²) in [6.45, 7) is 0.761. The van der Waals surface area contributed by atoms with Gasteiger partial charge in [0.1, 0.15) is 6.54 Å². The molecule has 0 aliphatic heterocycles. The molecule has 6 nitrogen and oxygen atoms in total. The average Bonchev–Trinajstić information content (AvgIpc) is 2.65. The monoisotopic (exact) mass is 244 g/mol. The summed E-state index contributed by atoms with van der Waals surface area (Å²) >= 11 is 5.71. The number of carbonyl (C=O) groups is 2.